The first-order valence-corrected chi connectivity index (χ1v) is 5.98. The number of benzene rings is 2. The second-order valence-corrected chi connectivity index (χ2v) is 4.56. The number of phenolic OH excluding ortho intramolecular Hbond substituents is 1. The van der Waals surface area contributed by atoms with Crippen LogP contribution < -0.4 is 5.32 Å². The van der Waals surface area contributed by atoms with E-state index in [2.05, 4.69) is 5.32 Å². The van der Waals surface area contributed by atoms with E-state index in [0.29, 0.717) is 15.7 Å². The van der Waals surface area contributed by atoms with Gasteiger partial charge in [0, 0.05) is 11.8 Å². The van der Waals surface area contributed by atoms with E-state index in [0.717, 1.165) is 12.1 Å². The predicted octanol–water partition coefficient (Wildman–Crippen LogP) is 4.09. The summed E-state index contributed by atoms with van der Waals surface area (Å²) in [5, 5.41) is 12.7. The number of phenols is 1. The molecule has 19 heavy (non-hydrogen) atoms. The van der Waals surface area contributed by atoms with Crippen molar-refractivity contribution in [1.29, 1.82) is 0 Å². The molecule has 2 aromatic carbocycles. The molecule has 0 bridgehead atoms. The minimum Gasteiger partial charge on any atom is -0.507 e. The SMILES string of the molecule is O=C(Nc1ccc(Cl)c(Cl)c1)c1ccc(F)cc1O. The number of hydrogen-bond acceptors (Lipinski definition) is 2. The topological polar surface area (TPSA) is 49.3 Å². The summed E-state index contributed by atoms with van der Waals surface area (Å²) in [6, 6.07) is 7.71. The molecule has 6 heteroatoms. The molecule has 98 valence electrons. The monoisotopic (exact) mass is 299 g/mol. The van der Waals surface area contributed by atoms with Gasteiger partial charge in [0.25, 0.3) is 5.91 Å². The average Bonchev–Trinajstić information content (AvgIpc) is 2.33. The van der Waals surface area contributed by atoms with Crippen molar-refractivity contribution in [1.82, 2.24) is 0 Å². The number of anilines is 1. The Labute approximate surface area is 118 Å². The second kappa shape index (κ2) is 5.47. The van der Waals surface area contributed by atoms with Gasteiger partial charge in [0.1, 0.15) is 11.6 Å². The maximum atomic E-state index is 12.8. The van der Waals surface area contributed by atoms with Gasteiger partial charge in [-0.3, -0.25) is 4.79 Å². The Morgan fingerprint density at radius 1 is 1.11 bits per heavy atom. The summed E-state index contributed by atoms with van der Waals surface area (Å²) in [7, 11) is 0. The van der Waals surface area contributed by atoms with E-state index in [1.54, 1.807) is 6.07 Å². The Kier molecular flexibility index (Phi) is 3.93. The molecule has 0 saturated heterocycles. The fraction of sp³-hybridized carbons (Fsp3) is 0. The third-order valence-electron chi connectivity index (χ3n) is 2.38. The van der Waals surface area contributed by atoms with E-state index in [-0.39, 0.29) is 5.56 Å². The van der Waals surface area contributed by atoms with Gasteiger partial charge in [-0.2, -0.15) is 0 Å². The van der Waals surface area contributed by atoms with Crippen LogP contribution in [0, 0.1) is 5.82 Å². The lowest BCUT2D eigenvalue weighted by atomic mass is 10.2. The van der Waals surface area contributed by atoms with Crippen molar-refractivity contribution in [3.05, 3.63) is 57.8 Å². The second-order valence-electron chi connectivity index (χ2n) is 3.74. The van der Waals surface area contributed by atoms with Gasteiger partial charge in [-0.15, -0.1) is 0 Å². The van der Waals surface area contributed by atoms with Crippen LogP contribution in [-0.4, -0.2) is 11.0 Å². The maximum absolute atomic E-state index is 12.8. The number of nitrogens with one attached hydrogen (secondary N) is 1. The molecule has 0 radical (unpaired) electrons. The Balaban J connectivity index is 2.23. The lowest BCUT2D eigenvalue weighted by Crippen LogP contribution is -2.12. The zero-order chi connectivity index (χ0) is 14.0. The number of hydrogen-bond donors (Lipinski definition) is 2. The number of carbonyl (C=O) groups is 1. The third-order valence-corrected chi connectivity index (χ3v) is 3.12. The zero-order valence-corrected chi connectivity index (χ0v) is 11.0. The largest absolute Gasteiger partial charge is 0.507 e. The van der Waals surface area contributed by atoms with Crippen LogP contribution in [0.15, 0.2) is 36.4 Å². The Morgan fingerprint density at radius 2 is 1.84 bits per heavy atom. The molecule has 0 aliphatic rings. The van der Waals surface area contributed by atoms with Gasteiger partial charge in [-0.25, -0.2) is 4.39 Å². The van der Waals surface area contributed by atoms with Crippen LogP contribution in [0.1, 0.15) is 10.4 Å². The average molecular weight is 300 g/mol. The predicted molar refractivity (Wildman–Crippen MR) is 72.5 cm³/mol. The molecule has 1 amide bonds. The summed E-state index contributed by atoms with van der Waals surface area (Å²) in [6.45, 7) is 0. The van der Waals surface area contributed by atoms with Crippen LogP contribution in [0.3, 0.4) is 0 Å². The van der Waals surface area contributed by atoms with Gasteiger partial charge in [-0.1, -0.05) is 23.2 Å². The molecule has 0 heterocycles. The van der Waals surface area contributed by atoms with Crippen molar-refractivity contribution in [3.63, 3.8) is 0 Å². The molecule has 0 atom stereocenters. The molecule has 0 aromatic heterocycles. The van der Waals surface area contributed by atoms with Gasteiger partial charge in [-0.05, 0) is 30.3 Å². The van der Waals surface area contributed by atoms with E-state index in [1.165, 1.54) is 18.2 Å². The third kappa shape index (κ3) is 3.16. The molecule has 0 saturated carbocycles. The molecule has 0 aliphatic carbocycles. The molecule has 0 spiro atoms. The normalized spacial score (nSPS) is 10.3. The minimum absolute atomic E-state index is 0.0347. The van der Waals surface area contributed by atoms with E-state index >= 15 is 0 Å². The van der Waals surface area contributed by atoms with Crippen molar-refractivity contribution < 1.29 is 14.3 Å². The molecule has 2 aromatic rings. The fourth-order valence-electron chi connectivity index (χ4n) is 1.47. The summed E-state index contributed by atoms with van der Waals surface area (Å²) in [6.07, 6.45) is 0. The highest BCUT2D eigenvalue weighted by molar-refractivity contribution is 6.42. The molecule has 0 aliphatic heterocycles. The van der Waals surface area contributed by atoms with E-state index in [4.69, 9.17) is 23.2 Å². The molecular formula is C13H8Cl2FNO2. The summed E-state index contributed by atoms with van der Waals surface area (Å²) in [4.78, 5) is 11.9. The van der Waals surface area contributed by atoms with Crippen molar-refractivity contribution in [2.24, 2.45) is 0 Å². The highest BCUT2D eigenvalue weighted by atomic mass is 35.5. The number of rotatable bonds is 2. The van der Waals surface area contributed by atoms with Crippen molar-refractivity contribution in [2.75, 3.05) is 5.32 Å². The first-order valence-electron chi connectivity index (χ1n) is 5.22. The summed E-state index contributed by atoms with van der Waals surface area (Å²) in [5.74, 6) is -1.63. The molecule has 3 nitrogen and oxygen atoms in total. The van der Waals surface area contributed by atoms with Gasteiger partial charge in [0.05, 0.1) is 15.6 Å². The summed E-state index contributed by atoms with van der Waals surface area (Å²) >= 11 is 11.6. The number of amides is 1. The first kappa shape index (κ1) is 13.6. The number of aromatic hydroxyl groups is 1. The van der Waals surface area contributed by atoms with Crippen molar-refractivity contribution in [3.8, 4) is 5.75 Å². The molecular weight excluding hydrogens is 292 g/mol. The van der Waals surface area contributed by atoms with Crippen LogP contribution in [0.2, 0.25) is 10.0 Å². The lowest BCUT2D eigenvalue weighted by Gasteiger charge is -2.07. The molecule has 0 unspecified atom stereocenters. The summed E-state index contributed by atoms with van der Waals surface area (Å²) in [5.41, 5.74) is 0.385. The fourth-order valence-corrected chi connectivity index (χ4v) is 1.77. The highest BCUT2D eigenvalue weighted by Crippen LogP contribution is 2.26. The lowest BCUT2D eigenvalue weighted by molar-refractivity contribution is 0.102. The number of carbonyl (C=O) groups excluding carboxylic acids is 1. The van der Waals surface area contributed by atoms with Gasteiger partial charge >= 0.3 is 0 Å². The van der Waals surface area contributed by atoms with Crippen LogP contribution in [-0.2, 0) is 0 Å². The number of halogens is 3. The smallest absolute Gasteiger partial charge is 0.259 e. The maximum Gasteiger partial charge on any atom is 0.259 e. The quantitative estimate of drug-likeness (QED) is 0.877. The van der Waals surface area contributed by atoms with Crippen LogP contribution in [0.5, 0.6) is 5.75 Å². The van der Waals surface area contributed by atoms with Crippen molar-refractivity contribution >= 4 is 34.8 Å². The van der Waals surface area contributed by atoms with Crippen LogP contribution in [0.25, 0.3) is 0 Å². The first-order chi connectivity index (χ1) is 8.97. The Bertz CT molecular complexity index is 647. The van der Waals surface area contributed by atoms with Crippen molar-refractivity contribution in [2.45, 2.75) is 0 Å². The van der Waals surface area contributed by atoms with Gasteiger partial charge < -0.3 is 10.4 Å². The molecule has 2 N–H and O–H groups in total. The Hall–Kier alpha value is -1.78. The zero-order valence-electron chi connectivity index (χ0n) is 9.45. The van der Waals surface area contributed by atoms with Gasteiger partial charge in [0.15, 0.2) is 0 Å². The van der Waals surface area contributed by atoms with E-state index < -0.39 is 17.5 Å². The minimum atomic E-state index is -0.622. The van der Waals surface area contributed by atoms with E-state index in [9.17, 15) is 14.3 Å². The van der Waals surface area contributed by atoms with Crippen LogP contribution in [0.4, 0.5) is 10.1 Å². The molecule has 2 rings (SSSR count). The van der Waals surface area contributed by atoms with E-state index in [1.807, 2.05) is 0 Å². The Morgan fingerprint density at radius 3 is 2.47 bits per heavy atom. The molecule has 0 fully saturated rings. The van der Waals surface area contributed by atoms with Crippen LogP contribution >= 0.6 is 23.2 Å². The standard InChI is InChI=1S/C13H8Cl2FNO2/c14-10-4-2-8(6-11(10)15)17-13(19)9-3-1-7(16)5-12(9)18/h1-6,18H,(H,17,19). The van der Waals surface area contributed by atoms with Gasteiger partial charge in [0.2, 0.25) is 0 Å². The summed E-state index contributed by atoms with van der Waals surface area (Å²) < 4.78 is 12.8. The highest BCUT2D eigenvalue weighted by Gasteiger charge is 2.12.